The topological polar surface area (TPSA) is 68.4 Å². The number of ether oxygens (including phenoxy) is 1. The van der Waals surface area contributed by atoms with Crippen LogP contribution in [-0.2, 0) is 11.4 Å². The summed E-state index contributed by atoms with van der Waals surface area (Å²) in [5, 5.41) is 9.06. The van der Waals surface area contributed by atoms with Gasteiger partial charge in [-0.05, 0) is 32.9 Å². The van der Waals surface area contributed by atoms with E-state index in [1.54, 1.807) is 12.1 Å². The van der Waals surface area contributed by atoms with Crippen molar-refractivity contribution >= 4 is 17.1 Å². The monoisotopic (exact) mass is 276 g/mol. The number of rotatable bonds is 1. The number of para-hydroxylation sites is 1. The van der Waals surface area contributed by atoms with E-state index >= 15 is 0 Å². The third-order valence-corrected chi connectivity index (χ3v) is 4.18. The second-order valence-corrected chi connectivity index (χ2v) is 7.20. The molecule has 0 aliphatic carbocycles. The van der Waals surface area contributed by atoms with Crippen LogP contribution in [0.5, 0.6) is 5.75 Å². The Hall–Kier alpha value is -1.51. The minimum absolute atomic E-state index is 0.391. The molecule has 0 N–H and O–H groups in total. The van der Waals surface area contributed by atoms with Gasteiger partial charge in [-0.15, -0.1) is 0 Å². The zero-order valence-electron chi connectivity index (χ0n) is 11.3. The first kappa shape index (κ1) is 13.9. The van der Waals surface area contributed by atoms with Crippen LogP contribution in [0.2, 0.25) is 0 Å². The molecule has 0 amide bonds. The van der Waals surface area contributed by atoms with E-state index in [9.17, 15) is 4.55 Å². The lowest BCUT2D eigenvalue weighted by Crippen LogP contribution is -2.28. The smallest absolute Gasteiger partial charge is 0.146 e. The maximum Gasteiger partial charge on any atom is 0.146 e. The van der Waals surface area contributed by atoms with E-state index in [4.69, 9.17) is 10.00 Å². The molecule has 1 aliphatic rings. The molecule has 1 heterocycles. The molecule has 1 unspecified atom stereocenters. The fraction of sp³-hybridized carbons (Fsp3) is 0.429. The van der Waals surface area contributed by atoms with Crippen LogP contribution < -0.4 is 4.74 Å². The third kappa shape index (κ3) is 2.91. The normalized spacial score (nSPS) is 18.4. The Morgan fingerprint density at radius 2 is 2.16 bits per heavy atom. The lowest BCUT2D eigenvalue weighted by Gasteiger charge is -2.22. The van der Waals surface area contributed by atoms with Crippen molar-refractivity contribution in [1.29, 1.82) is 5.26 Å². The molecule has 1 atom stereocenters. The summed E-state index contributed by atoms with van der Waals surface area (Å²) in [7, 11) is 0. The predicted molar refractivity (Wildman–Crippen MR) is 75.7 cm³/mol. The number of fused-ring (bicyclic) bond motifs is 1. The van der Waals surface area contributed by atoms with Gasteiger partial charge >= 0.3 is 0 Å². The largest absolute Gasteiger partial charge is 0.591 e. The first-order valence-corrected chi connectivity index (χ1v) is 7.20. The van der Waals surface area contributed by atoms with E-state index < -0.39 is 16.1 Å². The van der Waals surface area contributed by atoms with Crippen LogP contribution >= 0.6 is 0 Å². The molecule has 19 heavy (non-hydrogen) atoms. The number of hydrogen-bond acceptors (Lipinski definition) is 4. The summed E-state index contributed by atoms with van der Waals surface area (Å²) in [6.07, 6.45) is 0.615. The average Bonchev–Trinajstić information content (AvgIpc) is 2.37. The van der Waals surface area contributed by atoms with Crippen LogP contribution in [0.1, 0.15) is 38.3 Å². The van der Waals surface area contributed by atoms with Gasteiger partial charge in [0.2, 0.25) is 0 Å². The van der Waals surface area contributed by atoms with Crippen LogP contribution in [0.4, 0.5) is 0 Å². The molecular weight excluding hydrogens is 260 g/mol. The number of nitriles is 1. The Morgan fingerprint density at radius 3 is 2.79 bits per heavy atom. The van der Waals surface area contributed by atoms with Crippen LogP contribution in [0.15, 0.2) is 22.6 Å². The molecule has 0 bridgehead atoms. The van der Waals surface area contributed by atoms with Gasteiger partial charge in [0, 0.05) is 12.0 Å². The van der Waals surface area contributed by atoms with E-state index in [0.29, 0.717) is 24.3 Å². The van der Waals surface area contributed by atoms with E-state index in [1.807, 2.05) is 26.8 Å². The standard InChI is InChI=1S/C14H16N2O2S/c1-14(2,3)19(17)16-12-7-8-18-13-10(9-15)5-4-6-11(12)13/h4-6H,7-8H2,1-3H3/b16-12-. The summed E-state index contributed by atoms with van der Waals surface area (Å²) in [5.74, 6) is 0.556. The molecule has 5 heteroatoms. The van der Waals surface area contributed by atoms with Crippen LogP contribution in [0.3, 0.4) is 0 Å². The van der Waals surface area contributed by atoms with Gasteiger partial charge in [0.15, 0.2) is 0 Å². The Bertz CT molecular complexity index is 556. The first-order chi connectivity index (χ1) is 8.93. The van der Waals surface area contributed by atoms with E-state index in [0.717, 1.165) is 11.3 Å². The Kier molecular flexibility index (Phi) is 3.83. The molecule has 0 aromatic heterocycles. The van der Waals surface area contributed by atoms with Crippen molar-refractivity contribution in [1.82, 2.24) is 0 Å². The summed E-state index contributed by atoms with van der Waals surface area (Å²) in [5.41, 5.74) is 2.03. The van der Waals surface area contributed by atoms with Gasteiger partial charge in [-0.1, -0.05) is 10.5 Å². The number of nitrogens with zero attached hydrogens (tertiary/aromatic N) is 2. The third-order valence-electron chi connectivity index (χ3n) is 2.75. The SMILES string of the molecule is CC(C)(C)[S+]([O-])/N=C1/CCOc2c(C#N)cccc21. The highest BCUT2D eigenvalue weighted by atomic mass is 32.2. The zero-order valence-corrected chi connectivity index (χ0v) is 12.1. The highest BCUT2D eigenvalue weighted by molar-refractivity contribution is 7.91. The van der Waals surface area contributed by atoms with Gasteiger partial charge in [0.05, 0.1) is 12.2 Å². The minimum atomic E-state index is -1.30. The maximum atomic E-state index is 12.1. The molecule has 100 valence electrons. The van der Waals surface area contributed by atoms with Gasteiger partial charge in [-0.2, -0.15) is 5.26 Å². The molecule has 4 nitrogen and oxygen atoms in total. The lowest BCUT2D eigenvalue weighted by molar-refractivity contribution is 0.319. The highest BCUT2D eigenvalue weighted by Crippen LogP contribution is 2.30. The lowest BCUT2D eigenvalue weighted by atomic mass is 10.0. The first-order valence-electron chi connectivity index (χ1n) is 6.09. The van der Waals surface area contributed by atoms with Crippen molar-refractivity contribution < 1.29 is 9.29 Å². The van der Waals surface area contributed by atoms with Crippen molar-refractivity contribution in [2.45, 2.75) is 31.9 Å². The summed E-state index contributed by atoms with van der Waals surface area (Å²) in [6, 6.07) is 7.46. The van der Waals surface area contributed by atoms with E-state index in [2.05, 4.69) is 10.5 Å². The zero-order chi connectivity index (χ0) is 14.0. The molecule has 0 saturated heterocycles. The van der Waals surface area contributed by atoms with Crippen molar-refractivity contribution in [3.8, 4) is 11.8 Å². The van der Waals surface area contributed by atoms with Gasteiger partial charge < -0.3 is 9.29 Å². The van der Waals surface area contributed by atoms with Gasteiger partial charge in [-0.3, -0.25) is 0 Å². The molecule has 0 spiro atoms. The second kappa shape index (κ2) is 5.24. The minimum Gasteiger partial charge on any atom is -0.591 e. The average molecular weight is 276 g/mol. The quantitative estimate of drug-likeness (QED) is 0.740. The van der Waals surface area contributed by atoms with Gasteiger partial charge in [0.1, 0.15) is 33.6 Å². The van der Waals surface area contributed by atoms with Crippen molar-refractivity contribution in [3.05, 3.63) is 29.3 Å². The van der Waals surface area contributed by atoms with E-state index in [-0.39, 0.29) is 0 Å². The Labute approximate surface area is 116 Å². The van der Waals surface area contributed by atoms with Crippen molar-refractivity contribution in [2.75, 3.05) is 6.61 Å². The van der Waals surface area contributed by atoms with Crippen molar-refractivity contribution in [2.24, 2.45) is 4.40 Å². The van der Waals surface area contributed by atoms with E-state index in [1.165, 1.54) is 0 Å². The Morgan fingerprint density at radius 1 is 1.42 bits per heavy atom. The molecular formula is C14H16N2O2S. The molecule has 1 aromatic carbocycles. The molecule has 1 aromatic rings. The molecule has 1 aliphatic heterocycles. The van der Waals surface area contributed by atoms with Gasteiger partial charge in [-0.25, -0.2) is 0 Å². The highest BCUT2D eigenvalue weighted by Gasteiger charge is 2.29. The maximum absolute atomic E-state index is 12.1. The Balaban J connectivity index is 2.44. The molecule has 2 rings (SSSR count). The van der Waals surface area contributed by atoms with Crippen molar-refractivity contribution in [3.63, 3.8) is 0 Å². The van der Waals surface area contributed by atoms with Crippen LogP contribution in [0, 0.1) is 11.3 Å². The fourth-order valence-corrected chi connectivity index (χ4v) is 2.39. The molecule has 0 saturated carbocycles. The summed E-state index contributed by atoms with van der Waals surface area (Å²) < 4.78 is 21.6. The summed E-state index contributed by atoms with van der Waals surface area (Å²) in [4.78, 5) is 0. The fourth-order valence-electron chi connectivity index (χ4n) is 1.72. The molecule has 0 fully saturated rings. The van der Waals surface area contributed by atoms with Crippen LogP contribution in [-0.4, -0.2) is 21.6 Å². The summed E-state index contributed by atoms with van der Waals surface area (Å²) in [6.45, 7) is 6.13. The molecule has 0 radical (unpaired) electrons. The number of benzene rings is 1. The summed E-state index contributed by atoms with van der Waals surface area (Å²) >= 11 is -1.30. The predicted octanol–water partition coefficient (Wildman–Crippen LogP) is 2.59. The van der Waals surface area contributed by atoms with Crippen LogP contribution in [0.25, 0.3) is 0 Å². The number of hydrogen-bond donors (Lipinski definition) is 0. The van der Waals surface area contributed by atoms with Gasteiger partial charge in [0.25, 0.3) is 0 Å². The second-order valence-electron chi connectivity index (χ2n) is 5.29.